The van der Waals surface area contributed by atoms with Crippen molar-refractivity contribution < 1.29 is 18.1 Å². The highest BCUT2D eigenvalue weighted by Crippen LogP contribution is 2.31. The molecule has 1 atom stereocenters. The predicted molar refractivity (Wildman–Crippen MR) is 125 cm³/mol. The number of amides is 1. The van der Waals surface area contributed by atoms with E-state index in [2.05, 4.69) is 5.32 Å². The quantitative estimate of drug-likeness (QED) is 0.410. The Morgan fingerprint density at radius 3 is 2.56 bits per heavy atom. The monoisotopic (exact) mass is 478 g/mol. The van der Waals surface area contributed by atoms with Gasteiger partial charge in [-0.3, -0.25) is 24.0 Å². The molecule has 0 radical (unpaired) electrons. The first kappa shape index (κ1) is 23.4. The van der Waals surface area contributed by atoms with Gasteiger partial charge in [0, 0.05) is 24.9 Å². The molecule has 0 aliphatic rings. The van der Waals surface area contributed by atoms with Crippen LogP contribution in [-0.4, -0.2) is 36.1 Å². The van der Waals surface area contributed by atoms with Crippen LogP contribution in [0.5, 0.6) is 0 Å². The predicted octanol–water partition coefficient (Wildman–Crippen LogP) is 3.00. The van der Waals surface area contributed by atoms with Crippen LogP contribution >= 0.6 is 11.3 Å². The second kappa shape index (κ2) is 8.71. The molecule has 1 N–H and O–H groups in total. The zero-order chi connectivity index (χ0) is 23.8. The lowest BCUT2D eigenvalue weighted by Crippen LogP contribution is -2.47. The van der Waals surface area contributed by atoms with E-state index in [1.807, 2.05) is 0 Å². The summed E-state index contributed by atoms with van der Waals surface area (Å²) in [6.07, 6.45) is 1.08. The summed E-state index contributed by atoms with van der Waals surface area (Å²) < 4.78 is 28.5. The number of nitro groups is 1. The van der Waals surface area contributed by atoms with Crippen LogP contribution in [0.3, 0.4) is 0 Å². The average molecular weight is 479 g/mol. The molecule has 0 spiro atoms. The maximum absolute atomic E-state index is 13.1. The number of thiazole rings is 1. The van der Waals surface area contributed by atoms with E-state index in [0.29, 0.717) is 16.0 Å². The summed E-state index contributed by atoms with van der Waals surface area (Å²) >= 11 is 1.03. The van der Waals surface area contributed by atoms with Crippen LogP contribution in [0.1, 0.15) is 18.9 Å². The third-order valence-electron chi connectivity index (χ3n) is 5.03. The first-order valence-electron chi connectivity index (χ1n) is 9.59. The zero-order valence-electron chi connectivity index (χ0n) is 17.9. The van der Waals surface area contributed by atoms with Crippen molar-refractivity contribution in [3.05, 3.63) is 61.7 Å². The molecule has 12 heteroatoms. The number of hydrogen-bond acceptors (Lipinski definition) is 7. The maximum Gasteiger partial charge on any atom is 0.307 e. The van der Waals surface area contributed by atoms with Crippen molar-refractivity contribution >= 4 is 54.5 Å². The van der Waals surface area contributed by atoms with Crippen LogP contribution in [-0.2, 0) is 21.9 Å². The molecule has 0 fully saturated rings. The number of rotatable bonds is 7. The molecule has 32 heavy (non-hydrogen) atoms. The molecule has 1 heterocycles. The molecule has 1 aromatic heterocycles. The van der Waals surface area contributed by atoms with Crippen molar-refractivity contribution in [2.45, 2.75) is 26.3 Å². The number of sulfonamides is 1. The van der Waals surface area contributed by atoms with Crippen LogP contribution in [0.4, 0.5) is 17.1 Å². The number of non-ortho nitro benzene ring substituents is 1. The van der Waals surface area contributed by atoms with Gasteiger partial charge in [0.05, 0.1) is 27.1 Å². The molecule has 3 aromatic rings. The second-order valence-corrected chi connectivity index (χ2v) is 10.2. The molecule has 10 nitrogen and oxygen atoms in total. The molecule has 2 aromatic carbocycles. The van der Waals surface area contributed by atoms with Gasteiger partial charge in [-0.25, -0.2) is 8.42 Å². The first-order valence-corrected chi connectivity index (χ1v) is 12.3. The number of benzene rings is 2. The number of aromatic nitrogens is 1. The molecule has 170 valence electrons. The van der Waals surface area contributed by atoms with Crippen LogP contribution < -0.4 is 14.5 Å². The van der Waals surface area contributed by atoms with E-state index >= 15 is 0 Å². The first-order chi connectivity index (χ1) is 14.9. The van der Waals surface area contributed by atoms with Gasteiger partial charge in [0.15, 0.2) is 0 Å². The minimum absolute atomic E-state index is 0.0698. The number of anilines is 2. The highest BCUT2D eigenvalue weighted by molar-refractivity contribution is 7.92. The van der Waals surface area contributed by atoms with Crippen molar-refractivity contribution in [1.82, 2.24) is 4.57 Å². The Labute approximate surface area is 188 Å². The minimum Gasteiger partial charge on any atom is -0.324 e. The van der Waals surface area contributed by atoms with Gasteiger partial charge in [-0.2, -0.15) is 0 Å². The molecule has 1 amide bonds. The topological polar surface area (TPSA) is 132 Å². The van der Waals surface area contributed by atoms with E-state index in [9.17, 15) is 28.1 Å². The lowest BCUT2D eigenvalue weighted by Gasteiger charge is -2.31. The zero-order valence-corrected chi connectivity index (χ0v) is 19.5. The Kier molecular flexibility index (Phi) is 6.37. The van der Waals surface area contributed by atoms with E-state index in [1.165, 1.54) is 16.7 Å². The average Bonchev–Trinajstić information content (AvgIpc) is 2.98. The number of nitrogens with zero attached hydrogens (tertiary/aromatic N) is 3. The molecule has 3 rings (SSSR count). The standard InChI is InChI=1S/C20H22N4O6S2/c1-5-15(19(25)21-13-7-9-16-18(10-13)31-20(26)22(16)3)23(32(4,29)30)17-11-14(24(27)28)8-6-12(17)2/h6-11,15H,5H2,1-4H3,(H,21,25)/t15-/m0/s1. The molecule has 0 aliphatic heterocycles. The van der Waals surface area contributed by atoms with E-state index in [4.69, 9.17) is 0 Å². The summed E-state index contributed by atoms with van der Waals surface area (Å²) in [5, 5.41) is 13.9. The number of nitro benzene ring substituents is 1. The van der Waals surface area contributed by atoms with E-state index in [1.54, 1.807) is 39.1 Å². The summed E-state index contributed by atoms with van der Waals surface area (Å²) in [5.74, 6) is -0.591. The van der Waals surface area contributed by atoms with Crippen molar-refractivity contribution in [2.75, 3.05) is 15.9 Å². The molecule has 0 saturated carbocycles. The summed E-state index contributed by atoms with van der Waals surface area (Å²) in [4.78, 5) is 35.5. The van der Waals surface area contributed by atoms with Gasteiger partial charge in [-0.15, -0.1) is 0 Å². The van der Waals surface area contributed by atoms with Gasteiger partial charge in [-0.05, 0) is 37.1 Å². The second-order valence-electron chi connectivity index (χ2n) is 7.31. The fourth-order valence-corrected chi connectivity index (χ4v) is 5.60. The normalized spacial score (nSPS) is 12.5. The lowest BCUT2D eigenvalue weighted by molar-refractivity contribution is -0.384. The van der Waals surface area contributed by atoms with Gasteiger partial charge in [-0.1, -0.05) is 24.3 Å². The molecular formula is C20H22N4O6S2. The number of nitrogens with one attached hydrogen (secondary N) is 1. The van der Waals surface area contributed by atoms with E-state index in [-0.39, 0.29) is 22.7 Å². The molecule has 0 saturated heterocycles. The van der Waals surface area contributed by atoms with Crippen molar-refractivity contribution in [3.63, 3.8) is 0 Å². The number of carbonyl (C=O) groups is 1. The van der Waals surface area contributed by atoms with Gasteiger partial charge < -0.3 is 9.88 Å². The van der Waals surface area contributed by atoms with Gasteiger partial charge in [0.25, 0.3) is 5.69 Å². The van der Waals surface area contributed by atoms with Crippen LogP contribution in [0.25, 0.3) is 10.2 Å². The van der Waals surface area contributed by atoms with Gasteiger partial charge in [0.1, 0.15) is 6.04 Å². The fraction of sp³-hybridized carbons (Fsp3) is 0.300. The Bertz CT molecular complexity index is 1380. The summed E-state index contributed by atoms with van der Waals surface area (Å²) in [6, 6.07) is 7.71. The summed E-state index contributed by atoms with van der Waals surface area (Å²) in [6.45, 7) is 3.27. The van der Waals surface area contributed by atoms with Gasteiger partial charge >= 0.3 is 4.87 Å². The smallest absolute Gasteiger partial charge is 0.307 e. The Morgan fingerprint density at radius 2 is 1.97 bits per heavy atom. The highest BCUT2D eigenvalue weighted by atomic mass is 32.2. The van der Waals surface area contributed by atoms with E-state index < -0.39 is 26.9 Å². The summed E-state index contributed by atoms with van der Waals surface area (Å²) in [5.41, 5.74) is 1.39. The van der Waals surface area contributed by atoms with Gasteiger partial charge in [0.2, 0.25) is 15.9 Å². The highest BCUT2D eigenvalue weighted by Gasteiger charge is 2.33. The van der Waals surface area contributed by atoms with Crippen molar-refractivity contribution in [1.29, 1.82) is 0 Å². The van der Waals surface area contributed by atoms with Crippen molar-refractivity contribution in [3.8, 4) is 0 Å². The number of carbonyl (C=O) groups excluding carboxylic acids is 1. The van der Waals surface area contributed by atoms with Crippen LogP contribution in [0, 0.1) is 17.0 Å². The maximum atomic E-state index is 13.1. The number of aryl methyl sites for hydroxylation is 2. The Hall–Kier alpha value is -3.25. The number of hydrogen-bond donors (Lipinski definition) is 1. The molecule has 0 aliphatic carbocycles. The van der Waals surface area contributed by atoms with Crippen LogP contribution in [0.2, 0.25) is 0 Å². The third kappa shape index (κ3) is 4.50. The molecule has 0 bridgehead atoms. The van der Waals surface area contributed by atoms with Crippen molar-refractivity contribution in [2.24, 2.45) is 7.05 Å². The Balaban J connectivity index is 2.01. The Morgan fingerprint density at radius 1 is 1.28 bits per heavy atom. The lowest BCUT2D eigenvalue weighted by atomic mass is 10.1. The molecule has 0 unspecified atom stereocenters. The number of fused-ring (bicyclic) bond motifs is 1. The minimum atomic E-state index is -3.96. The third-order valence-corrected chi connectivity index (χ3v) is 7.19. The summed E-state index contributed by atoms with van der Waals surface area (Å²) in [7, 11) is -2.31. The van der Waals surface area contributed by atoms with Crippen LogP contribution in [0.15, 0.2) is 41.2 Å². The van der Waals surface area contributed by atoms with E-state index in [0.717, 1.165) is 33.5 Å². The SMILES string of the molecule is CC[C@@H](C(=O)Nc1ccc2c(c1)sc(=O)n2C)N(c1cc([N+](=O)[O-])ccc1C)S(C)(=O)=O. The molecular weight excluding hydrogens is 456 g/mol. The fourth-order valence-electron chi connectivity index (χ4n) is 3.42. The largest absolute Gasteiger partial charge is 0.324 e.